The van der Waals surface area contributed by atoms with Gasteiger partial charge in [0.15, 0.2) is 15.6 Å². The number of nitrogens with two attached hydrogens (primary N) is 2. The van der Waals surface area contributed by atoms with Gasteiger partial charge >= 0.3 is 0 Å². The monoisotopic (exact) mass is 755 g/mol. The first-order valence-electron chi connectivity index (χ1n) is 18.1. The third-order valence-electron chi connectivity index (χ3n) is 11.0. The molecule has 3 fully saturated rings. The van der Waals surface area contributed by atoms with Gasteiger partial charge in [-0.2, -0.15) is 0 Å². The molecule has 2 aromatic rings. The van der Waals surface area contributed by atoms with Crippen LogP contribution in [0.15, 0.2) is 30.5 Å². The number of ketones is 2. The van der Waals surface area contributed by atoms with E-state index in [0.717, 1.165) is 32.1 Å². The molecule has 5 rings (SSSR count). The van der Waals surface area contributed by atoms with Crippen molar-refractivity contribution in [1.82, 2.24) is 25.2 Å². The number of nitrogens with one attached hydrogen (secondary N) is 1. The molecule has 1 saturated carbocycles. The molecular formula is C36H49N7O9S. The van der Waals surface area contributed by atoms with Crippen molar-refractivity contribution in [2.75, 3.05) is 18.1 Å². The number of primary amides is 2. The summed E-state index contributed by atoms with van der Waals surface area (Å²) in [6.07, 6.45) is 6.36. The molecule has 0 unspecified atom stereocenters. The quantitative estimate of drug-likeness (QED) is 0.157. The Balaban J connectivity index is 1.46. The van der Waals surface area contributed by atoms with Gasteiger partial charge in [-0.15, -0.1) is 5.10 Å². The number of carbonyl (C=O) groups excluding carboxylic acids is 6. The second-order valence-electron chi connectivity index (χ2n) is 15.3. The molecule has 2 saturated heterocycles. The highest BCUT2D eigenvalue weighted by molar-refractivity contribution is 7.91. The predicted octanol–water partition coefficient (Wildman–Crippen LogP) is 1.11. The van der Waals surface area contributed by atoms with Crippen LogP contribution in [0.1, 0.15) is 117 Å². The highest BCUT2D eigenvalue weighted by Gasteiger charge is 2.50. The minimum Gasteiger partial charge on any atom is -0.384 e. The van der Waals surface area contributed by atoms with Gasteiger partial charge in [-0.05, 0) is 57.6 Å². The third-order valence-corrected chi connectivity index (χ3v) is 12.7. The largest absolute Gasteiger partial charge is 0.384 e. The standard InChI is InChI=1S/C36H49N7O9S/c1-35(2,50)29-20-39-41-43(29)26-19-27(33(48)40-36(30(45)32(38)47)14-16-53(51,52)17-15-36)42(21-26)34(49)25(18-22-6-4-3-5-7-22)12-13-28(44)23-8-10-24(11-9-23)31(37)46/h8-11,20,22,25-27,50H,3-7,12-19,21H2,1-2H3,(H2,37,46)(H2,38,47)(H,40,48)/t25-,26+,27+/m1/s1. The molecule has 3 atom stereocenters. The van der Waals surface area contributed by atoms with Crippen LogP contribution in [-0.2, 0) is 34.6 Å². The molecule has 17 heteroatoms. The van der Waals surface area contributed by atoms with Gasteiger partial charge in [0.05, 0.1) is 29.4 Å². The molecule has 3 aliphatic rings. The van der Waals surface area contributed by atoms with Crippen LogP contribution < -0.4 is 16.8 Å². The fraction of sp³-hybridized carbons (Fsp3) is 0.611. The summed E-state index contributed by atoms with van der Waals surface area (Å²) in [6.45, 7) is 3.09. The molecule has 2 aliphatic heterocycles. The van der Waals surface area contributed by atoms with E-state index in [1.54, 1.807) is 13.8 Å². The molecule has 4 amide bonds. The smallest absolute Gasteiger partial charge is 0.287 e. The van der Waals surface area contributed by atoms with Gasteiger partial charge in [-0.3, -0.25) is 28.8 Å². The second-order valence-corrected chi connectivity index (χ2v) is 17.6. The molecule has 3 heterocycles. The number of aromatic nitrogens is 3. The molecule has 0 bridgehead atoms. The highest BCUT2D eigenvalue weighted by Crippen LogP contribution is 2.37. The molecule has 53 heavy (non-hydrogen) atoms. The Morgan fingerprint density at radius 3 is 2.21 bits per heavy atom. The van der Waals surface area contributed by atoms with Crippen molar-refractivity contribution in [2.24, 2.45) is 23.3 Å². The van der Waals surface area contributed by atoms with Crippen LogP contribution in [0.4, 0.5) is 0 Å². The lowest BCUT2D eigenvalue weighted by Crippen LogP contribution is -2.64. The number of hydrogen-bond donors (Lipinski definition) is 4. The van der Waals surface area contributed by atoms with Gasteiger partial charge in [0.25, 0.3) is 5.91 Å². The number of nitrogens with zero attached hydrogens (tertiary/aromatic N) is 4. The summed E-state index contributed by atoms with van der Waals surface area (Å²) in [4.78, 5) is 80.7. The van der Waals surface area contributed by atoms with Gasteiger partial charge in [0.1, 0.15) is 17.2 Å². The van der Waals surface area contributed by atoms with Crippen molar-refractivity contribution in [3.05, 3.63) is 47.3 Å². The minimum absolute atomic E-state index is 0.00441. The summed E-state index contributed by atoms with van der Waals surface area (Å²) in [5, 5.41) is 21.7. The average molecular weight is 756 g/mol. The molecule has 16 nitrogen and oxygen atoms in total. The van der Waals surface area contributed by atoms with Crippen LogP contribution in [-0.4, -0.2) is 98.2 Å². The summed E-state index contributed by atoms with van der Waals surface area (Å²) in [6, 6.07) is 4.16. The molecule has 0 spiro atoms. The maximum absolute atomic E-state index is 14.8. The van der Waals surface area contributed by atoms with E-state index in [9.17, 15) is 42.3 Å². The van der Waals surface area contributed by atoms with Crippen LogP contribution >= 0.6 is 0 Å². The van der Waals surface area contributed by atoms with Crippen molar-refractivity contribution in [3.63, 3.8) is 0 Å². The highest BCUT2D eigenvalue weighted by atomic mass is 32.2. The van der Waals surface area contributed by atoms with Crippen LogP contribution in [0, 0.1) is 11.8 Å². The van der Waals surface area contributed by atoms with Gasteiger partial charge < -0.3 is 26.8 Å². The van der Waals surface area contributed by atoms with E-state index in [4.69, 9.17) is 11.5 Å². The fourth-order valence-corrected chi connectivity index (χ4v) is 9.48. The first-order chi connectivity index (χ1) is 24.9. The SMILES string of the molecule is CC(C)(O)c1cnnn1[C@H]1C[C@@H](C(=O)NC2(C(=O)C(N)=O)CCS(=O)(=O)CC2)N(C(=O)[C@H](CCC(=O)c2ccc(C(N)=O)cc2)CC2CCCCC2)C1. The van der Waals surface area contributed by atoms with E-state index >= 15 is 0 Å². The lowest BCUT2D eigenvalue weighted by molar-refractivity contribution is -0.146. The van der Waals surface area contributed by atoms with E-state index in [0.29, 0.717) is 17.7 Å². The number of benzene rings is 1. The van der Waals surface area contributed by atoms with Gasteiger partial charge in [0, 0.05) is 36.4 Å². The van der Waals surface area contributed by atoms with E-state index < -0.39 is 74.0 Å². The number of likely N-dealkylation sites (tertiary alicyclic amines) is 1. The number of aliphatic hydroxyl groups is 1. The Hall–Kier alpha value is -4.51. The molecule has 6 N–H and O–H groups in total. The third kappa shape index (κ3) is 9.18. The number of Topliss-reactive ketones (excluding diaryl/α,β-unsaturated/α-hetero) is 2. The summed E-state index contributed by atoms with van der Waals surface area (Å²) in [5.74, 6) is -5.75. The predicted molar refractivity (Wildman–Crippen MR) is 191 cm³/mol. The average Bonchev–Trinajstić information content (AvgIpc) is 3.79. The Morgan fingerprint density at radius 2 is 1.62 bits per heavy atom. The summed E-state index contributed by atoms with van der Waals surface area (Å²) < 4.78 is 26.1. The van der Waals surface area contributed by atoms with Gasteiger partial charge in [-0.25, -0.2) is 13.1 Å². The molecule has 1 aromatic carbocycles. The minimum atomic E-state index is -3.52. The number of amides is 4. The van der Waals surface area contributed by atoms with Crippen LogP contribution in [0.2, 0.25) is 0 Å². The normalized spacial score (nSPS) is 22.1. The summed E-state index contributed by atoms with van der Waals surface area (Å²) >= 11 is 0. The van der Waals surface area contributed by atoms with E-state index in [2.05, 4.69) is 15.6 Å². The van der Waals surface area contributed by atoms with Crippen LogP contribution in [0.3, 0.4) is 0 Å². The van der Waals surface area contributed by atoms with Crippen molar-refractivity contribution in [3.8, 4) is 0 Å². The number of hydrogen-bond acceptors (Lipinski definition) is 11. The van der Waals surface area contributed by atoms with E-state index in [-0.39, 0.29) is 61.8 Å². The Bertz CT molecular complexity index is 1830. The Kier molecular flexibility index (Phi) is 11.9. The van der Waals surface area contributed by atoms with Gasteiger partial charge in [-0.1, -0.05) is 49.5 Å². The second kappa shape index (κ2) is 15.8. The van der Waals surface area contributed by atoms with Crippen molar-refractivity contribution in [1.29, 1.82) is 0 Å². The molecule has 288 valence electrons. The summed E-state index contributed by atoms with van der Waals surface area (Å²) in [7, 11) is -3.52. The zero-order valence-electron chi connectivity index (χ0n) is 30.2. The van der Waals surface area contributed by atoms with Gasteiger partial charge in [0.2, 0.25) is 23.5 Å². The maximum atomic E-state index is 14.8. The number of rotatable bonds is 14. The van der Waals surface area contributed by atoms with Crippen LogP contribution in [0.5, 0.6) is 0 Å². The van der Waals surface area contributed by atoms with Crippen LogP contribution in [0.25, 0.3) is 0 Å². The molecule has 0 radical (unpaired) electrons. The number of carbonyl (C=O) groups is 6. The summed E-state index contributed by atoms with van der Waals surface area (Å²) in [5.41, 5.74) is 8.44. The molecule has 1 aromatic heterocycles. The fourth-order valence-electron chi connectivity index (χ4n) is 7.96. The zero-order valence-corrected chi connectivity index (χ0v) is 31.0. The van der Waals surface area contributed by atoms with E-state index in [1.807, 2.05) is 0 Å². The first-order valence-corrected chi connectivity index (χ1v) is 20.0. The lowest BCUT2D eigenvalue weighted by Gasteiger charge is -2.37. The first kappa shape index (κ1) is 39.7. The number of sulfone groups is 1. The topological polar surface area (TPSA) is 255 Å². The Morgan fingerprint density at radius 1 is 1.00 bits per heavy atom. The maximum Gasteiger partial charge on any atom is 0.287 e. The molecular weight excluding hydrogens is 707 g/mol. The Labute approximate surface area is 308 Å². The molecule has 1 aliphatic carbocycles. The van der Waals surface area contributed by atoms with E-state index in [1.165, 1.54) is 40.0 Å². The van der Waals surface area contributed by atoms with Crippen molar-refractivity contribution >= 4 is 45.0 Å². The zero-order chi connectivity index (χ0) is 38.7. The van der Waals surface area contributed by atoms with Crippen molar-refractivity contribution < 1.29 is 42.3 Å². The lowest BCUT2D eigenvalue weighted by atomic mass is 9.80. The van der Waals surface area contributed by atoms with Crippen molar-refractivity contribution in [2.45, 2.75) is 108 Å².